The van der Waals surface area contributed by atoms with Crippen LogP contribution in [0.1, 0.15) is 24.4 Å². The molecule has 1 aliphatic rings. The summed E-state index contributed by atoms with van der Waals surface area (Å²) in [5.41, 5.74) is 2.91. The van der Waals surface area contributed by atoms with Gasteiger partial charge in [-0.3, -0.25) is 10.4 Å². The highest BCUT2D eigenvalue weighted by molar-refractivity contribution is 5.87. The largest absolute Gasteiger partial charge is 0.370 e. The summed E-state index contributed by atoms with van der Waals surface area (Å²) in [5.74, 6) is 8.85. The number of nitrogens with zero attached hydrogens (tertiary/aromatic N) is 2. The van der Waals surface area contributed by atoms with E-state index in [0.717, 1.165) is 6.07 Å². The van der Waals surface area contributed by atoms with Gasteiger partial charge in [-0.05, 0) is 30.5 Å². The second-order valence-corrected chi connectivity index (χ2v) is 4.50. The number of hydroxylamine groups is 1. The molecular weight excluding hydrogens is 284 g/mol. The molecule has 21 heavy (non-hydrogen) atoms. The third-order valence-electron chi connectivity index (χ3n) is 3.01. The maximum atomic E-state index is 13.2. The van der Waals surface area contributed by atoms with E-state index >= 15 is 0 Å². The zero-order valence-corrected chi connectivity index (χ0v) is 11.1. The molecule has 2 amide bonds. The molecule has 0 saturated heterocycles. The minimum atomic E-state index is -0.808. The fourth-order valence-corrected chi connectivity index (χ4v) is 2.04. The minimum Gasteiger partial charge on any atom is -0.283 e. The molecule has 0 spiro atoms. The molecule has 1 unspecified atom stereocenters. The molecule has 114 valence electrons. The summed E-state index contributed by atoms with van der Waals surface area (Å²) in [4.78, 5) is 20.3. The van der Waals surface area contributed by atoms with Gasteiger partial charge in [0.05, 0.1) is 6.04 Å². The van der Waals surface area contributed by atoms with E-state index < -0.39 is 17.7 Å². The van der Waals surface area contributed by atoms with Crippen molar-refractivity contribution in [3.63, 3.8) is 0 Å². The van der Waals surface area contributed by atoms with Crippen LogP contribution < -0.4 is 17.1 Å². The molecule has 0 aromatic heterocycles. The van der Waals surface area contributed by atoms with Gasteiger partial charge in [-0.15, -0.1) is 5.17 Å². The van der Waals surface area contributed by atoms with Gasteiger partial charge >= 0.3 is 6.03 Å². The Morgan fingerprint density at radius 1 is 1.43 bits per heavy atom. The Hall–Kier alpha value is -2.10. The quantitative estimate of drug-likeness (QED) is 0.437. The highest BCUT2D eigenvalue weighted by Crippen LogP contribution is 2.29. The molecule has 1 heterocycles. The number of aliphatic imine (C=N–C) groups is 1. The van der Waals surface area contributed by atoms with Gasteiger partial charge in [-0.25, -0.2) is 30.1 Å². The van der Waals surface area contributed by atoms with E-state index in [1.165, 1.54) is 12.1 Å². The molecule has 0 saturated carbocycles. The first-order chi connectivity index (χ1) is 9.99. The Balaban J connectivity index is 1.97. The van der Waals surface area contributed by atoms with Crippen LogP contribution in [0.15, 0.2) is 23.2 Å². The summed E-state index contributed by atoms with van der Waals surface area (Å²) in [6, 6.07) is 2.17. The molecule has 0 fully saturated rings. The van der Waals surface area contributed by atoms with E-state index in [4.69, 9.17) is 16.5 Å². The lowest BCUT2D eigenvalue weighted by Gasteiger charge is -2.14. The Bertz CT molecular complexity index is 546. The highest BCUT2D eigenvalue weighted by atomic mass is 19.1. The number of benzene rings is 1. The first kappa shape index (κ1) is 15.3. The number of hydrazine groups is 2. The van der Waals surface area contributed by atoms with Crippen molar-refractivity contribution in [3.05, 3.63) is 35.4 Å². The van der Waals surface area contributed by atoms with Crippen LogP contribution in [0.2, 0.25) is 0 Å². The summed E-state index contributed by atoms with van der Waals surface area (Å²) in [5, 5.41) is 0.456. The maximum absolute atomic E-state index is 13.2. The Morgan fingerprint density at radius 3 is 2.71 bits per heavy atom. The smallest absolute Gasteiger partial charge is 0.283 e. The van der Waals surface area contributed by atoms with Gasteiger partial charge in [0.1, 0.15) is 18.2 Å². The van der Waals surface area contributed by atoms with Crippen LogP contribution in [0.5, 0.6) is 0 Å². The third-order valence-corrected chi connectivity index (χ3v) is 3.01. The first-order valence-corrected chi connectivity index (χ1v) is 6.19. The van der Waals surface area contributed by atoms with Crippen molar-refractivity contribution in [2.24, 2.45) is 16.7 Å². The number of amides is 2. The molecule has 0 bridgehead atoms. The lowest BCUT2D eigenvalue weighted by Crippen LogP contribution is -2.47. The fraction of sp³-hybridized carbons (Fsp3) is 0.333. The number of hydrogen-bond donors (Lipinski definition) is 3. The SMILES string of the molecule is NNC(=O)N(N)OCC1=NC(c2cc(F)cc(F)c2)CC1. The Kier molecular flexibility index (Phi) is 4.78. The molecular formula is C12H15F2N5O2. The average Bonchev–Trinajstić information content (AvgIpc) is 2.91. The lowest BCUT2D eigenvalue weighted by molar-refractivity contribution is -0.102. The molecule has 0 aliphatic carbocycles. The molecule has 1 aromatic carbocycles. The van der Waals surface area contributed by atoms with E-state index in [9.17, 15) is 13.6 Å². The lowest BCUT2D eigenvalue weighted by atomic mass is 10.0. The number of hydrogen-bond acceptors (Lipinski definition) is 5. The van der Waals surface area contributed by atoms with Gasteiger partial charge in [0.15, 0.2) is 0 Å². The van der Waals surface area contributed by atoms with Crippen LogP contribution in [0.25, 0.3) is 0 Å². The van der Waals surface area contributed by atoms with Crippen LogP contribution in [0.3, 0.4) is 0 Å². The summed E-state index contributed by atoms with van der Waals surface area (Å²) in [6.07, 6.45) is 1.19. The molecule has 1 aliphatic heterocycles. The molecule has 2 rings (SSSR count). The molecule has 9 heteroatoms. The zero-order chi connectivity index (χ0) is 15.4. The zero-order valence-electron chi connectivity index (χ0n) is 11.1. The van der Waals surface area contributed by atoms with Gasteiger partial charge in [0.25, 0.3) is 0 Å². The third kappa shape index (κ3) is 3.94. The van der Waals surface area contributed by atoms with Gasteiger partial charge in [0, 0.05) is 11.8 Å². The number of nitrogens with one attached hydrogen (secondary N) is 1. The fourth-order valence-electron chi connectivity index (χ4n) is 2.04. The molecule has 5 N–H and O–H groups in total. The van der Waals surface area contributed by atoms with Gasteiger partial charge in [-0.2, -0.15) is 0 Å². The van der Waals surface area contributed by atoms with E-state index in [0.29, 0.717) is 29.3 Å². The number of halogens is 2. The highest BCUT2D eigenvalue weighted by Gasteiger charge is 2.21. The standard InChI is InChI=1S/C12H15F2N5O2/c13-8-3-7(4-9(14)5-8)11-2-1-10(17-11)6-21-19(16)12(20)18-15/h3-5,11H,1-2,6,15-16H2,(H,18,20). The first-order valence-electron chi connectivity index (χ1n) is 6.19. The number of urea groups is 1. The number of carbonyl (C=O) groups is 1. The molecule has 0 radical (unpaired) electrons. The van der Waals surface area contributed by atoms with Crippen molar-refractivity contribution in [2.45, 2.75) is 18.9 Å². The Morgan fingerprint density at radius 2 is 2.10 bits per heavy atom. The van der Waals surface area contributed by atoms with Gasteiger partial charge in [0.2, 0.25) is 0 Å². The molecule has 1 atom stereocenters. The van der Waals surface area contributed by atoms with Crippen LogP contribution >= 0.6 is 0 Å². The van der Waals surface area contributed by atoms with Crippen molar-refractivity contribution in [3.8, 4) is 0 Å². The number of carbonyl (C=O) groups excluding carboxylic acids is 1. The monoisotopic (exact) mass is 299 g/mol. The Labute approximate surface area is 119 Å². The average molecular weight is 299 g/mol. The van der Waals surface area contributed by atoms with E-state index in [2.05, 4.69) is 4.99 Å². The van der Waals surface area contributed by atoms with Crippen LogP contribution in [-0.4, -0.2) is 23.5 Å². The normalized spacial score (nSPS) is 17.5. The predicted molar refractivity (Wildman–Crippen MR) is 70.5 cm³/mol. The summed E-state index contributed by atoms with van der Waals surface area (Å²) < 4.78 is 26.3. The maximum Gasteiger partial charge on any atom is 0.370 e. The second kappa shape index (κ2) is 6.57. The van der Waals surface area contributed by atoms with Crippen LogP contribution in [-0.2, 0) is 4.84 Å². The van der Waals surface area contributed by atoms with Crippen molar-refractivity contribution >= 4 is 11.7 Å². The van der Waals surface area contributed by atoms with Crippen LogP contribution in [0.4, 0.5) is 13.6 Å². The van der Waals surface area contributed by atoms with E-state index in [1.807, 2.05) is 0 Å². The number of nitrogens with two attached hydrogens (primary N) is 2. The van der Waals surface area contributed by atoms with E-state index in [-0.39, 0.29) is 12.6 Å². The van der Waals surface area contributed by atoms with Gasteiger partial charge in [-0.1, -0.05) is 0 Å². The van der Waals surface area contributed by atoms with Crippen LogP contribution in [0, 0.1) is 11.6 Å². The number of rotatable bonds is 4. The van der Waals surface area contributed by atoms with Crippen molar-refractivity contribution in [1.29, 1.82) is 0 Å². The van der Waals surface area contributed by atoms with Gasteiger partial charge < -0.3 is 0 Å². The molecule has 1 aromatic rings. The van der Waals surface area contributed by atoms with Crippen molar-refractivity contribution in [2.75, 3.05) is 6.61 Å². The predicted octanol–water partition coefficient (Wildman–Crippen LogP) is 0.931. The summed E-state index contributed by atoms with van der Waals surface area (Å²) in [7, 11) is 0. The second-order valence-electron chi connectivity index (χ2n) is 4.50. The topological polar surface area (TPSA) is 106 Å². The minimum absolute atomic E-state index is 0.00177. The summed E-state index contributed by atoms with van der Waals surface area (Å²) >= 11 is 0. The molecule has 7 nitrogen and oxygen atoms in total. The van der Waals surface area contributed by atoms with Crippen molar-refractivity contribution in [1.82, 2.24) is 10.6 Å². The summed E-state index contributed by atoms with van der Waals surface area (Å²) in [6.45, 7) is -0.00177. The van der Waals surface area contributed by atoms with Crippen molar-refractivity contribution < 1.29 is 18.4 Å². The van der Waals surface area contributed by atoms with E-state index in [1.54, 1.807) is 5.43 Å².